The van der Waals surface area contributed by atoms with Gasteiger partial charge in [-0.1, -0.05) is 127 Å². The number of phenols is 2. The summed E-state index contributed by atoms with van der Waals surface area (Å²) < 4.78 is 0. The molecular weight excluding hydrogens is 488 g/mol. The zero-order valence-corrected chi connectivity index (χ0v) is 22.1. The lowest BCUT2D eigenvalue weighted by Crippen LogP contribution is -2.51. The molecule has 2 nitrogen and oxygen atoms in total. The summed E-state index contributed by atoms with van der Waals surface area (Å²) in [5.41, 5.74) is 7.44. The Bertz CT molecular complexity index is 1630. The first-order chi connectivity index (χ1) is 19.7. The zero-order chi connectivity index (χ0) is 27.2. The maximum absolute atomic E-state index is 10.3. The maximum Gasteiger partial charge on any atom is 0.115 e. The van der Waals surface area contributed by atoms with Gasteiger partial charge < -0.3 is 10.2 Å². The molecule has 0 radical (unpaired) electrons. The van der Waals surface area contributed by atoms with Crippen molar-refractivity contribution in [2.24, 2.45) is 5.92 Å². The predicted molar refractivity (Wildman–Crippen MR) is 161 cm³/mol. The molecule has 40 heavy (non-hydrogen) atoms. The molecule has 7 rings (SSSR count). The number of phenolic OH excluding ortho intramolecular Hbond substituents is 2. The molecule has 2 N–H and O–H groups in total. The van der Waals surface area contributed by atoms with E-state index in [-0.39, 0.29) is 17.4 Å². The van der Waals surface area contributed by atoms with Crippen LogP contribution in [0.25, 0.3) is 0 Å². The van der Waals surface area contributed by atoms with Crippen molar-refractivity contribution in [3.8, 4) is 11.5 Å². The van der Waals surface area contributed by atoms with E-state index in [1.165, 1.54) is 27.8 Å². The molecular formula is C38H30O2. The Morgan fingerprint density at radius 1 is 0.500 bits per heavy atom. The molecule has 0 saturated carbocycles. The standard InChI is InChI=1S/C38H30O2/c39-31-23-19-29(20-24-31)38(30-21-25-32(40)26-22-30)35-17-9-7-15-33(35)37(27-11-3-1-4-12-27,28-13-5-2-6-14-28)34-16-8-10-18-36(34)38/h1-15,17-26,34,39-40H,16H2. The van der Waals surface area contributed by atoms with E-state index in [0.717, 1.165) is 17.5 Å². The Kier molecular flexibility index (Phi) is 5.71. The number of rotatable bonds is 4. The van der Waals surface area contributed by atoms with E-state index in [1.54, 1.807) is 24.3 Å². The Balaban J connectivity index is 1.69. The molecule has 0 amide bonds. The van der Waals surface area contributed by atoms with Crippen LogP contribution < -0.4 is 0 Å². The molecule has 0 fully saturated rings. The molecule has 0 spiro atoms. The summed E-state index contributed by atoms with van der Waals surface area (Å²) in [5, 5.41) is 20.6. The Morgan fingerprint density at radius 3 is 1.50 bits per heavy atom. The van der Waals surface area contributed by atoms with Crippen LogP contribution in [0.5, 0.6) is 11.5 Å². The van der Waals surface area contributed by atoms with Gasteiger partial charge in [-0.15, -0.1) is 0 Å². The van der Waals surface area contributed by atoms with Crippen molar-refractivity contribution in [3.05, 3.63) is 191 Å². The number of hydrogen-bond acceptors (Lipinski definition) is 2. The average Bonchev–Trinajstić information content (AvgIpc) is 3.02. The van der Waals surface area contributed by atoms with Gasteiger partial charge in [0.25, 0.3) is 0 Å². The van der Waals surface area contributed by atoms with Crippen LogP contribution in [-0.4, -0.2) is 10.2 Å². The summed E-state index contributed by atoms with van der Waals surface area (Å²) in [6.07, 6.45) is 7.67. The fourth-order valence-corrected chi connectivity index (χ4v) is 7.44. The average molecular weight is 519 g/mol. The summed E-state index contributed by atoms with van der Waals surface area (Å²) in [6, 6.07) is 46.0. The quantitative estimate of drug-likeness (QED) is 0.251. The SMILES string of the molecule is Oc1ccc(C2(c3ccc(O)cc3)C3=CC=CCC3C(c3ccccc3)(c3ccccc3)c3ccccc32)cc1. The van der Waals surface area contributed by atoms with Crippen molar-refractivity contribution in [3.63, 3.8) is 0 Å². The van der Waals surface area contributed by atoms with Crippen LogP contribution >= 0.6 is 0 Å². The van der Waals surface area contributed by atoms with Crippen molar-refractivity contribution >= 4 is 0 Å². The second-order valence-corrected chi connectivity index (χ2v) is 10.8. The number of fused-ring (bicyclic) bond motifs is 2. The van der Waals surface area contributed by atoms with Crippen LogP contribution in [0.3, 0.4) is 0 Å². The second-order valence-electron chi connectivity index (χ2n) is 10.8. The van der Waals surface area contributed by atoms with E-state index in [1.807, 2.05) is 24.3 Å². The number of allylic oxidation sites excluding steroid dienone is 4. The van der Waals surface area contributed by atoms with Crippen molar-refractivity contribution in [2.75, 3.05) is 0 Å². The van der Waals surface area contributed by atoms with E-state index in [9.17, 15) is 10.2 Å². The molecule has 0 aliphatic heterocycles. The van der Waals surface area contributed by atoms with Crippen molar-refractivity contribution in [2.45, 2.75) is 17.3 Å². The van der Waals surface area contributed by atoms with Gasteiger partial charge in [0.1, 0.15) is 11.5 Å². The van der Waals surface area contributed by atoms with Crippen LogP contribution in [-0.2, 0) is 10.8 Å². The molecule has 0 heterocycles. The van der Waals surface area contributed by atoms with Crippen molar-refractivity contribution < 1.29 is 10.2 Å². The van der Waals surface area contributed by atoms with Gasteiger partial charge in [0.15, 0.2) is 0 Å². The number of aromatic hydroxyl groups is 2. The molecule has 1 atom stereocenters. The highest BCUT2D eigenvalue weighted by Gasteiger charge is 2.58. The summed E-state index contributed by atoms with van der Waals surface area (Å²) in [4.78, 5) is 0. The molecule has 0 aromatic heterocycles. The van der Waals surface area contributed by atoms with E-state index in [0.29, 0.717) is 0 Å². The smallest absolute Gasteiger partial charge is 0.115 e. The van der Waals surface area contributed by atoms with Crippen LogP contribution in [0, 0.1) is 5.92 Å². The van der Waals surface area contributed by atoms with Gasteiger partial charge in [-0.3, -0.25) is 0 Å². The van der Waals surface area contributed by atoms with E-state index >= 15 is 0 Å². The first-order valence-electron chi connectivity index (χ1n) is 13.8. The number of benzene rings is 5. The van der Waals surface area contributed by atoms with Gasteiger partial charge in [-0.05, 0) is 69.6 Å². The topological polar surface area (TPSA) is 40.5 Å². The highest BCUT2D eigenvalue weighted by Crippen LogP contribution is 2.63. The second kappa shape index (κ2) is 9.43. The summed E-state index contributed by atoms with van der Waals surface area (Å²) >= 11 is 0. The van der Waals surface area contributed by atoms with Gasteiger partial charge in [0, 0.05) is 5.92 Å². The molecule has 1 unspecified atom stereocenters. The van der Waals surface area contributed by atoms with Gasteiger partial charge in [0.2, 0.25) is 0 Å². The van der Waals surface area contributed by atoms with Gasteiger partial charge >= 0.3 is 0 Å². The lowest BCUT2D eigenvalue weighted by molar-refractivity contribution is 0.362. The third-order valence-corrected chi connectivity index (χ3v) is 8.93. The highest BCUT2D eigenvalue weighted by atomic mass is 16.3. The minimum atomic E-state index is -0.625. The van der Waals surface area contributed by atoms with Crippen molar-refractivity contribution in [1.82, 2.24) is 0 Å². The predicted octanol–water partition coefficient (Wildman–Crippen LogP) is 8.28. The Labute approximate surface area is 235 Å². The molecule has 2 aliphatic rings. The largest absolute Gasteiger partial charge is 0.508 e. The minimum absolute atomic E-state index is 0.111. The monoisotopic (exact) mass is 518 g/mol. The Morgan fingerprint density at radius 2 is 0.975 bits per heavy atom. The maximum atomic E-state index is 10.3. The first kappa shape index (κ1) is 24.2. The van der Waals surface area contributed by atoms with E-state index in [2.05, 4.69) is 103 Å². The number of hydrogen-bond donors (Lipinski definition) is 2. The fraction of sp³-hybridized carbons (Fsp3) is 0.105. The highest BCUT2D eigenvalue weighted by molar-refractivity contribution is 5.71. The fourth-order valence-electron chi connectivity index (χ4n) is 7.44. The van der Waals surface area contributed by atoms with Crippen molar-refractivity contribution in [1.29, 1.82) is 0 Å². The summed E-state index contributed by atoms with van der Waals surface area (Å²) in [5.74, 6) is 0.594. The zero-order valence-electron chi connectivity index (χ0n) is 22.1. The Hall–Kier alpha value is -4.82. The third-order valence-electron chi connectivity index (χ3n) is 8.93. The van der Waals surface area contributed by atoms with Gasteiger partial charge in [-0.25, -0.2) is 0 Å². The molecule has 5 aromatic rings. The van der Waals surface area contributed by atoms with Crippen LogP contribution in [0.1, 0.15) is 39.8 Å². The summed E-state index contributed by atoms with van der Waals surface area (Å²) in [7, 11) is 0. The first-order valence-corrected chi connectivity index (χ1v) is 13.8. The van der Waals surface area contributed by atoms with Crippen LogP contribution in [0.2, 0.25) is 0 Å². The minimum Gasteiger partial charge on any atom is -0.508 e. The van der Waals surface area contributed by atoms with E-state index in [4.69, 9.17) is 0 Å². The molecule has 194 valence electrons. The molecule has 2 aliphatic carbocycles. The third kappa shape index (κ3) is 3.36. The molecule has 2 heteroatoms. The van der Waals surface area contributed by atoms with Crippen LogP contribution in [0.4, 0.5) is 0 Å². The molecule has 0 saturated heterocycles. The lowest BCUT2D eigenvalue weighted by Gasteiger charge is -2.56. The molecule has 5 aromatic carbocycles. The van der Waals surface area contributed by atoms with Gasteiger partial charge in [0.05, 0.1) is 10.8 Å². The van der Waals surface area contributed by atoms with Gasteiger partial charge in [-0.2, -0.15) is 0 Å². The normalized spacial score (nSPS) is 18.3. The molecule has 0 bridgehead atoms. The lowest BCUT2D eigenvalue weighted by atomic mass is 9.45. The van der Waals surface area contributed by atoms with E-state index < -0.39 is 10.8 Å². The summed E-state index contributed by atoms with van der Waals surface area (Å²) in [6.45, 7) is 0. The van der Waals surface area contributed by atoms with Crippen LogP contribution in [0.15, 0.2) is 157 Å².